The zero-order valence-corrected chi connectivity index (χ0v) is 11.6. The minimum Gasteiger partial charge on any atom is -0.393 e. The minimum absolute atomic E-state index is 0.193. The van der Waals surface area contributed by atoms with Crippen molar-refractivity contribution in [1.29, 1.82) is 0 Å². The lowest BCUT2D eigenvalue weighted by Crippen LogP contribution is -2.30. The fourth-order valence-electron chi connectivity index (χ4n) is 1.94. The van der Waals surface area contributed by atoms with Gasteiger partial charge in [-0.1, -0.05) is 0 Å². The molecule has 0 aromatic carbocycles. The number of nitrogens with one attached hydrogen (secondary N) is 1. The van der Waals surface area contributed by atoms with Crippen LogP contribution in [0.15, 0.2) is 6.20 Å². The molecule has 1 fully saturated rings. The summed E-state index contributed by atoms with van der Waals surface area (Å²) >= 11 is 7.92. The molecule has 0 aliphatic heterocycles. The van der Waals surface area contributed by atoms with Gasteiger partial charge in [0.2, 0.25) is 5.28 Å². The first-order valence-electron chi connectivity index (χ1n) is 5.28. The van der Waals surface area contributed by atoms with Gasteiger partial charge in [0.25, 0.3) is 0 Å². The lowest BCUT2D eigenvalue weighted by Gasteiger charge is -2.27. The molecular formula is C10H13ClIN3O. The van der Waals surface area contributed by atoms with E-state index in [1.54, 1.807) is 6.20 Å². The number of hydrogen-bond donors (Lipinski definition) is 2. The van der Waals surface area contributed by atoms with E-state index < -0.39 is 0 Å². The van der Waals surface area contributed by atoms with Gasteiger partial charge in [0, 0.05) is 12.2 Å². The molecule has 0 amide bonds. The Morgan fingerprint density at radius 3 is 3.06 bits per heavy atom. The maximum atomic E-state index is 9.58. The Morgan fingerprint density at radius 1 is 1.50 bits per heavy atom. The Hall–Kier alpha value is -0.140. The third kappa shape index (κ3) is 3.18. The van der Waals surface area contributed by atoms with Gasteiger partial charge in [-0.25, -0.2) is 4.98 Å². The van der Waals surface area contributed by atoms with E-state index in [-0.39, 0.29) is 17.4 Å². The number of halogens is 2. The highest BCUT2D eigenvalue weighted by Gasteiger charge is 2.21. The van der Waals surface area contributed by atoms with Crippen LogP contribution in [-0.2, 0) is 0 Å². The largest absolute Gasteiger partial charge is 0.393 e. The van der Waals surface area contributed by atoms with Gasteiger partial charge in [-0.05, 0) is 59.9 Å². The van der Waals surface area contributed by atoms with Crippen LogP contribution >= 0.6 is 34.2 Å². The van der Waals surface area contributed by atoms with Crippen molar-refractivity contribution in [2.45, 2.75) is 37.8 Å². The molecule has 1 aromatic heterocycles. The fourth-order valence-corrected chi connectivity index (χ4v) is 2.48. The summed E-state index contributed by atoms with van der Waals surface area (Å²) in [6.07, 6.45) is 5.29. The highest BCUT2D eigenvalue weighted by atomic mass is 127. The average Bonchev–Trinajstić information content (AvgIpc) is 2.24. The normalized spacial score (nSPS) is 25.4. The van der Waals surface area contributed by atoms with Crippen LogP contribution in [0.3, 0.4) is 0 Å². The molecule has 1 aromatic rings. The van der Waals surface area contributed by atoms with Crippen LogP contribution in [0.4, 0.5) is 5.82 Å². The molecule has 1 aliphatic rings. The Labute approximate surface area is 113 Å². The number of anilines is 1. The smallest absolute Gasteiger partial charge is 0.224 e. The summed E-state index contributed by atoms with van der Waals surface area (Å²) in [7, 11) is 0. The van der Waals surface area contributed by atoms with Gasteiger partial charge in [-0.3, -0.25) is 0 Å². The number of aromatic nitrogens is 2. The maximum absolute atomic E-state index is 9.58. The van der Waals surface area contributed by atoms with Crippen molar-refractivity contribution >= 4 is 40.0 Å². The molecule has 6 heteroatoms. The van der Waals surface area contributed by atoms with Crippen molar-refractivity contribution in [3.63, 3.8) is 0 Å². The molecule has 1 aliphatic carbocycles. The first-order chi connectivity index (χ1) is 7.65. The van der Waals surface area contributed by atoms with E-state index in [0.717, 1.165) is 35.1 Å². The standard InChI is InChI=1S/C10H13ClIN3O/c11-10-13-5-8(12)9(15-10)14-6-2-1-3-7(16)4-6/h5-7,16H,1-4H2,(H,13,14,15)/t6-,7-/m1/s1. The Bertz CT molecular complexity index is 377. The molecule has 16 heavy (non-hydrogen) atoms. The molecule has 1 heterocycles. The quantitative estimate of drug-likeness (QED) is 0.633. The number of aliphatic hydroxyl groups excluding tert-OH is 1. The van der Waals surface area contributed by atoms with Crippen molar-refractivity contribution in [2.24, 2.45) is 0 Å². The molecular weight excluding hydrogens is 340 g/mol. The number of aliphatic hydroxyl groups is 1. The van der Waals surface area contributed by atoms with Crippen LogP contribution in [0.2, 0.25) is 5.28 Å². The first-order valence-corrected chi connectivity index (χ1v) is 6.73. The Morgan fingerprint density at radius 2 is 2.31 bits per heavy atom. The zero-order valence-electron chi connectivity index (χ0n) is 8.66. The maximum Gasteiger partial charge on any atom is 0.224 e. The van der Waals surface area contributed by atoms with E-state index in [9.17, 15) is 5.11 Å². The van der Waals surface area contributed by atoms with E-state index in [4.69, 9.17) is 11.6 Å². The molecule has 4 nitrogen and oxygen atoms in total. The van der Waals surface area contributed by atoms with Crippen LogP contribution in [-0.4, -0.2) is 27.2 Å². The van der Waals surface area contributed by atoms with Gasteiger partial charge in [-0.2, -0.15) is 4.98 Å². The lowest BCUT2D eigenvalue weighted by molar-refractivity contribution is 0.124. The van der Waals surface area contributed by atoms with E-state index >= 15 is 0 Å². The van der Waals surface area contributed by atoms with Crippen molar-refractivity contribution in [3.8, 4) is 0 Å². The van der Waals surface area contributed by atoms with Gasteiger partial charge in [0.15, 0.2) is 0 Å². The van der Waals surface area contributed by atoms with Crippen molar-refractivity contribution in [1.82, 2.24) is 9.97 Å². The zero-order chi connectivity index (χ0) is 11.5. The predicted octanol–water partition coefficient (Wildman–Crippen LogP) is 2.45. The highest BCUT2D eigenvalue weighted by molar-refractivity contribution is 14.1. The minimum atomic E-state index is -0.193. The second-order valence-electron chi connectivity index (χ2n) is 4.00. The first kappa shape index (κ1) is 12.3. The topological polar surface area (TPSA) is 58.0 Å². The van der Waals surface area contributed by atoms with Crippen LogP contribution in [0.25, 0.3) is 0 Å². The van der Waals surface area contributed by atoms with Crippen LogP contribution in [0.1, 0.15) is 25.7 Å². The number of rotatable bonds is 2. The summed E-state index contributed by atoms with van der Waals surface area (Å²) in [5.41, 5.74) is 0. The Kier molecular flexibility index (Phi) is 4.21. The molecule has 88 valence electrons. The molecule has 2 N–H and O–H groups in total. The van der Waals surface area contributed by atoms with Gasteiger partial charge >= 0.3 is 0 Å². The molecule has 2 rings (SSSR count). The van der Waals surface area contributed by atoms with Crippen molar-refractivity contribution < 1.29 is 5.11 Å². The number of hydrogen-bond acceptors (Lipinski definition) is 4. The van der Waals surface area contributed by atoms with E-state index in [0.29, 0.717) is 0 Å². The third-order valence-electron chi connectivity index (χ3n) is 2.70. The molecule has 0 unspecified atom stereocenters. The summed E-state index contributed by atoms with van der Waals surface area (Å²) in [6, 6.07) is 0.281. The molecule has 2 atom stereocenters. The fraction of sp³-hybridized carbons (Fsp3) is 0.600. The van der Waals surface area contributed by atoms with Gasteiger partial charge in [0.1, 0.15) is 5.82 Å². The SMILES string of the molecule is O[C@@H]1CCC[C@@H](Nc2nc(Cl)ncc2I)C1. The van der Waals surface area contributed by atoms with Crippen molar-refractivity contribution in [3.05, 3.63) is 15.1 Å². The lowest BCUT2D eigenvalue weighted by atomic mass is 9.93. The molecule has 0 bridgehead atoms. The van der Waals surface area contributed by atoms with Gasteiger partial charge < -0.3 is 10.4 Å². The summed E-state index contributed by atoms with van der Waals surface area (Å²) in [5, 5.41) is 13.1. The molecule has 0 spiro atoms. The van der Waals surface area contributed by atoms with Crippen molar-refractivity contribution in [2.75, 3.05) is 5.32 Å². The Balaban J connectivity index is 2.05. The second-order valence-corrected chi connectivity index (χ2v) is 5.50. The molecule has 1 saturated carbocycles. The predicted molar refractivity (Wildman–Crippen MR) is 71.6 cm³/mol. The third-order valence-corrected chi connectivity index (χ3v) is 3.67. The van der Waals surface area contributed by atoms with Gasteiger partial charge in [-0.15, -0.1) is 0 Å². The molecule has 0 radical (unpaired) electrons. The molecule has 0 saturated heterocycles. The van der Waals surface area contributed by atoms with E-state index in [1.807, 2.05) is 0 Å². The van der Waals surface area contributed by atoms with Crippen LogP contribution < -0.4 is 5.32 Å². The monoisotopic (exact) mass is 353 g/mol. The van der Waals surface area contributed by atoms with E-state index in [1.165, 1.54) is 0 Å². The summed E-state index contributed by atoms with van der Waals surface area (Å²) in [4.78, 5) is 8.05. The summed E-state index contributed by atoms with van der Waals surface area (Å²) in [6.45, 7) is 0. The summed E-state index contributed by atoms with van der Waals surface area (Å²) < 4.78 is 0.946. The van der Waals surface area contributed by atoms with Crippen LogP contribution in [0.5, 0.6) is 0 Å². The van der Waals surface area contributed by atoms with Crippen LogP contribution in [0, 0.1) is 3.57 Å². The average molecular weight is 354 g/mol. The second kappa shape index (κ2) is 5.46. The van der Waals surface area contributed by atoms with E-state index in [2.05, 4.69) is 37.9 Å². The highest BCUT2D eigenvalue weighted by Crippen LogP contribution is 2.24. The summed E-state index contributed by atoms with van der Waals surface area (Å²) in [5.74, 6) is 0.764. The number of nitrogens with zero attached hydrogens (tertiary/aromatic N) is 2. The van der Waals surface area contributed by atoms with Gasteiger partial charge in [0.05, 0.1) is 9.67 Å².